The zero-order valence-corrected chi connectivity index (χ0v) is 12.1. The van der Waals surface area contributed by atoms with Gasteiger partial charge in [-0.2, -0.15) is 0 Å². The Morgan fingerprint density at radius 1 is 1.33 bits per heavy atom. The summed E-state index contributed by atoms with van der Waals surface area (Å²) in [6, 6.07) is 5.68. The van der Waals surface area contributed by atoms with Gasteiger partial charge in [0.2, 0.25) is 11.8 Å². The number of nitrogens with one attached hydrogen (secondary N) is 1. The molecule has 2 amide bonds. The highest BCUT2D eigenvalue weighted by Crippen LogP contribution is 2.17. The number of anilines is 1. The minimum Gasteiger partial charge on any atom is -0.370 e. The molecule has 2 rings (SSSR count). The lowest BCUT2D eigenvalue weighted by Gasteiger charge is -2.30. The van der Waals surface area contributed by atoms with Crippen LogP contribution in [0.5, 0.6) is 0 Å². The maximum Gasteiger partial charge on any atom is 0.222 e. The number of piperidine rings is 1. The van der Waals surface area contributed by atoms with E-state index in [2.05, 4.69) is 10.3 Å². The molecule has 114 valence electrons. The normalized spacial score (nSPS) is 15.7. The van der Waals surface area contributed by atoms with E-state index in [4.69, 9.17) is 5.73 Å². The third kappa shape index (κ3) is 4.73. The van der Waals surface area contributed by atoms with Crippen LogP contribution in [0.3, 0.4) is 0 Å². The molecule has 1 aliphatic rings. The fourth-order valence-electron chi connectivity index (χ4n) is 2.49. The number of amides is 2. The summed E-state index contributed by atoms with van der Waals surface area (Å²) >= 11 is 0. The van der Waals surface area contributed by atoms with E-state index in [-0.39, 0.29) is 17.7 Å². The highest BCUT2D eigenvalue weighted by Gasteiger charge is 2.25. The van der Waals surface area contributed by atoms with Crippen molar-refractivity contribution < 1.29 is 9.59 Å². The van der Waals surface area contributed by atoms with Gasteiger partial charge < -0.3 is 16.0 Å². The van der Waals surface area contributed by atoms with E-state index >= 15 is 0 Å². The largest absolute Gasteiger partial charge is 0.370 e. The highest BCUT2D eigenvalue weighted by atomic mass is 16.2. The summed E-state index contributed by atoms with van der Waals surface area (Å²) < 4.78 is 0. The number of rotatable bonds is 6. The van der Waals surface area contributed by atoms with E-state index in [1.165, 1.54) is 0 Å². The molecule has 6 nitrogen and oxygen atoms in total. The van der Waals surface area contributed by atoms with E-state index in [0.717, 1.165) is 18.8 Å². The Labute approximate surface area is 124 Å². The van der Waals surface area contributed by atoms with Gasteiger partial charge in [0.15, 0.2) is 0 Å². The number of aromatic nitrogens is 1. The molecule has 1 fully saturated rings. The Morgan fingerprint density at radius 2 is 2.10 bits per heavy atom. The maximum absolute atomic E-state index is 12.1. The molecular formula is C15H22N4O2. The lowest BCUT2D eigenvalue weighted by atomic mass is 9.96. The molecule has 2 heterocycles. The predicted molar refractivity (Wildman–Crippen MR) is 80.5 cm³/mol. The summed E-state index contributed by atoms with van der Waals surface area (Å²) in [6.07, 6.45) is 4.39. The third-order valence-corrected chi connectivity index (χ3v) is 3.79. The summed E-state index contributed by atoms with van der Waals surface area (Å²) in [4.78, 5) is 29.1. The van der Waals surface area contributed by atoms with Crippen LogP contribution in [0.25, 0.3) is 0 Å². The number of carbonyl (C=O) groups is 2. The fraction of sp³-hybridized carbons (Fsp3) is 0.533. The van der Waals surface area contributed by atoms with Crippen LogP contribution in [-0.2, 0) is 9.59 Å². The van der Waals surface area contributed by atoms with Gasteiger partial charge in [0, 0.05) is 38.2 Å². The van der Waals surface area contributed by atoms with Crippen LogP contribution in [0.4, 0.5) is 5.82 Å². The van der Waals surface area contributed by atoms with Crippen molar-refractivity contribution in [1.82, 2.24) is 9.88 Å². The van der Waals surface area contributed by atoms with Crippen LogP contribution in [0.15, 0.2) is 24.4 Å². The van der Waals surface area contributed by atoms with Crippen LogP contribution >= 0.6 is 0 Å². The van der Waals surface area contributed by atoms with Gasteiger partial charge in [-0.15, -0.1) is 0 Å². The molecule has 0 spiro atoms. The van der Waals surface area contributed by atoms with E-state index in [9.17, 15) is 9.59 Å². The number of carbonyl (C=O) groups excluding carboxylic acids is 2. The van der Waals surface area contributed by atoms with E-state index in [0.29, 0.717) is 32.4 Å². The van der Waals surface area contributed by atoms with Crippen molar-refractivity contribution in [2.75, 3.05) is 25.0 Å². The standard InChI is InChI=1S/C15H22N4O2/c16-15(21)12-6-10-19(11-7-12)14(20)5-3-9-18-13-4-1-2-8-17-13/h1-2,4,8,12H,3,5-7,9-11H2,(H2,16,21)(H,17,18). The maximum atomic E-state index is 12.1. The third-order valence-electron chi connectivity index (χ3n) is 3.79. The summed E-state index contributed by atoms with van der Waals surface area (Å²) in [5.74, 6) is 0.662. The molecule has 0 unspecified atom stereocenters. The predicted octanol–water partition coefficient (Wildman–Crippen LogP) is 0.998. The smallest absolute Gasteiger partial charge is 0.222 e. The monoisotopic (exact) mass is 290 g/mol. The average molecular weight is 290 g/mol. The van der Waals surface area contributed by atoms with Gasteiger partial charge in [-0.05, 0) is 31.4 Å². The first kappa shape index (κ1) is 15.3. The zero-order chi connectivity index (χ0) is 15.1. The Morgan fingerprint density at radius 3 is 2.71 bits per heavy atom. The first-order chi connectivity index (χ1) is 10.2. The van der Waals surface area contributed by atoms with Crippen molar-refractivity contribution in [3.05, 3.63) is 24.4 Å². The molecule has 21 heavy (non-hydrogen) atoms. The van der Waals surface area contributed by atoms with Gasteiger partial charge in [-0.3, -0.25) is 9.59 Å². The first-order valence-corrected chi connectivity index (χ1v) is 7.39. The Bertz CT molecular complexity index is 470. The van der Waals surface area contributed by atoms with Crippen molar-refractivity contribution in [3.8, 4) is 0 Å². The van der Waals surface area contributed by atoms with Crippen molar-refractivity contribution >= 4 is 17.6 Å². The lowest BCUT2D eigenvalue weighted by Crippen LogP contribution is -2.41. The zero-order valence-electron chi connectivity index (χ0n) is 12.1. The number of primary amides is 1. The van der Waals surface area contributed by atoms with Crippen LogP contribution < -0.4 is 11.1 Å². The van der Waals surface area contributed by atoms with Gasteiger partial charge in [0.25, 0.3) is 0 Å². The number of likely N-dealkylation sites (tertiary alicyclic amines) is 1. The molecule has 1 aromatic heterocycles. The number of nitrogens with zero attached hydrogens (tertiary/aromatic N) is 2. The number of hydrogen-bond donors (Lipinski definition) is 2. The SMILES string of the molecule is NC(=O)C1CCN(C(=O)CCCNc2ccccn2)CC1. The average Bonchev–Trinajstić information content (AvgIpc) is 2.52. The van der Waals surface area contributed by atoms with Gasteiger partial charge >= 0.3 is 0 Å². The Balaban J connectivity index is 1.63. The number of pyridine rings is 1. The second-order valence-electron chi connectivity index (χ2n) is 5.30. The molecule has 0 atom stereocenters. The molecule has 0 saturated carbocycles. The van der Waals surface area contributed by atoms with Crippen LogP contribution in [-0.4, -0.2) is 41.3 Å². The first-order valence-electron chi connectivity index (χ1n) is 7.39. The van der Waals surface area contributed by atoms with Crippen molar-refractivity contribution in [2.24, 2.45) is 11.7 Å². The second kappa shape index (κ2) is 7.61. The molecule has 0 radical (unpaired) electrons. The second-order valence-corrected chi connectivity index (χ2v) is 5.30. The van der Waals surface area contributed by atoms with Crippen LogP contribution in [0, 0.1) is 5.92 Å². The molecule has 0 aliphatic carbocycles. The number of nitrogens with two attached hydrogens (primary N) is 1. The molecule has 1 aromatic rings. The molecule has 0 aromatic carbocycles. The molecular weight excluding hydrogens is 268 g/mol. The number of hydrogen-bond acceptors (Lipinski definition) is 4. The van der Waals surface area contributed by atoms with E-state index < -0.39 is 0 Å². The molecule has 0 bridgehead atoms. The van der Waals surface area contributed by atoms with Gasteiger partial charge in [-0.25, -0.2) is 4.98 Å². The van der Waals surface area contributed by atoms with Crippen molar-refractivity contribution in [3.63, 3.8) is 0 Å². The summed E-state index contributed by atoms with van der Waals surface area (Å²) in [7, 11) is 0. The van der Waals surface area contributed by atoms with Crippen molar-refractivity contribution in [1.29, 1.82) is 0 Å². The fourth-order valence-corrected chi connectivity index (χ4v) is 2.49. The minimum atomic E-state index is -0.248. The Hall–Kier alpha value is -2.11. The van der Waals surface area contributed by atoms with Crippen LogP contribution in [0.2, 0.25) is 0 Å². The summed E-state index contributed by atoms with van der Waals surface area (Å²) in [5, 5.41) is 3.18. The van der Waals surface area contributed by atoms with Crippen LogP contribution in [0.1, 0.15) is 25.7 Å². The topological polar surface area (TPSA) is 88.3 Å². The molecule has 1 aliphatic heterocycles. The summed E-state index contributed by atoms with van der Waals surface area (Å²) in [5.41, 5.74) is 5.29. The van der Waals surface area contributed by atoms with Gasteiger partial charge in [-0.1, -0.05) is 6.07 Å². The van der Waals surface area contributed by atoms with Gasteiger partial charge in [0.1, 0.15) is 5.82 Å². The molecule has 3 N–H and O–H groups in total. The van der Waals surface area contributed by atoms with Crippen molar-refractivity contribution in [2.45, 2.75) is 25.7 Å². The highest BCUT2D eigenvalue weighted by molar-refractivity contribution is 5.78. The molecule has 6 heteroatoms. The van der Waals surface area contributed by atoms with E-state index in [1.54, 1.807) is 6.20 Å². The lowest BCUT2D eigenvalue weighted by molar-refractivity contribution is -0.134. The summed E-state index contributed by atoms with van der Waals surface area (Å²) in [6.45, 7) is 2.00. The molecule has 1 saturated heterocycles. The quantitative estimate of drug-likeness (QED) is 0.765. The minimum absolute atomic E-state index is 0.0696. The van der Waals surface area contributed by atoms with E-state index in [1.807, 2.05) is 23.1 Å². The Kier molecular flexibility index (Phi) is 5.54. The van der Waals surface area contributed by atoms with Gasteiger partial charge in [0.05, 0.1) is 0 Å².